The summed E-state index contributed by atoms with van der Waals surface area (Å²) in [5.41, 5.74) is 0. The van der Waals surface area contributed by atoms with Crippen LogP contribution in [0.1, 0.15) is 32.6 Å². The van der Waals surface area contributed by atoms with Gasteiger partial charge in [-0.2, -0.15) is 5.26 Å². The van der Waals surface area contributed by atoms with Crippen LogP contribution >= 0.6 is 0 Å². The largest absolute Gasteiger partial charge is 0.353 e. The van der Waals surface area contributed by atoms with Crippen LogP contribution in [0.4, 0.5) is 0 Å². The first kappa shape index (κ1) is 12.0. The molecule has 4 nitrogen and oxygen atoms in total. The number of rotatable bonds is 5. The maximum atomic E-state index is 11.4. The molecule has 15 heavy (non-hydrogen) atoms. The second-order valence-electron chi connectivity index (χ2n) is 4.23. The topological polar surface area (TPSA) is 64.9 Å². The summed E-state index contributed by atoms with van der Waals surface area (Å²) in [6, 6.07) is 2.02. The molecule has 1 rings (SSSR count). The molecule has 1 aliphatic rings. The Morgan fingerprint density at radius 1 is 1.73 bits per heavy atom. The van der Waals surface area contributed by atoms with Crippen molar-refractivity contribution in [3.05, 3.63) is 0 Å². The minimum absolute atomic E-state index is 0.0239. The predicted octanol–water partition coefficient (Wildman–Crippen LogP) is 0.794. The van der Waals surface area contributed by atoms with Gasteiger partial charge >= 0.3 is 0 Å². The Kier molecular flexibility index (Phi) is 5.13. The smallest absolute Gasteiger partial charge is 0.220 e. The van der Waals surface area contributed by atoms with Crippen molar-refractivity contribution < 1.29 is 4.79 Å². The zero-order valence-electron chi connectivity index (χ0n) is 9.25. The fraction of sp³-hybridized carbons (Fsp3) is 0.818. The third-order valence-electron chi connectivity index (χ3n) is 2.75. The molecule has 0 radical (unpaired) electrons. The Morgan fingerprint density at radius 3 is 3.13 bits per heavy atom. The number of nitriles is 1. The molecule has 0 aromatic rings. The van der Waals surface area contributed by atoms with Crippen LogP contribution < -0.4 is 10.6 Å². The van der Waals surface area contributed by atoms with Gasteiger partial charge in [0.05, 0.1) is 12.5 Å². The predicted molar refractivity (Wildman–Crippen MR) is 58.0 cm³/mol. The Bertz CT molecular complexity index is 241. The van der Waals surface area contributed by atoms with E-state index >= 15 is 0 Å². The monoisotopic (exact) mass is 209 g/mol. The number of hydrogen-bond acceptors (Lipinski definition) is 3. The van der Waals surface area contributed by atoms with Gasteiger partial charge in [-0.25, -0.2) is 0 Å². The number of hydrogen-bond donors (Lipinski definition) is 2. The van der Waals surface area contributed by atoms with Gasteiger partial charge in [-0.1, -0.05) is 0 Å². The molecule has 2 unspecified atom stereocenters. The average Bonchev–Trinajstić information content (AvgIpc) is 2.67. The average molecular weight is 209 g/mol. The van der Waals surface area contributed by atoms with E-state index in [2.05, 4.69) is 10.6 Å². The molecule has 0 aromatic carbocycles. The third kappa shape index (κ3) is 4.80. The quantitative estimate of drug-likeness (QED) is 0.703. The van der Waals surface area contributed by atoms with Gasteiger partial charge in [0.25, 0.3) is 0 Å². The van der Waals surface area contributed by atoms with Crippen LogP contribution in [0.5, 0.6) is 0 Å². The van der Waals surface area contributed by atoms with Crippen molar-refractivity contribution in [3.8, 4) is 6.07 Å². The molecular formula is C11H19N3O. The van der Waals surface area contributed by atoms with Gasteiger partial charge in [-0.05, 0) is 38.8 Å². The molecule has 1 heterocycles. The van der Waals surface area contributed by atoms with E-state index in [0.29, 0.717) is 18.8 Å². The summed E-state index contributed by atoms with van der Waals surface area (Å²) in [6.45, 7) is 3.98. The van der Waals surface area contributed by atoms with Gasteiger partial charge in [0, 0.05) is 12.5 Å². The molecule has 2 atom stereocenters. The third-order valence-corrected chi connectivity index (χ3v) is 2.75. The van der Waals surface area contributed by atoms with Crippen molar-refractivity contribution in [3.63, 3.8) is 0 Å². The Balaban J connectivity index is 2.10. The minimum Gasteiger partial charge on any atom is -0.353 e. The number of nitrogens with one attached hydrogen (secondary N) is 2. The molecule has 0 saturated carbocycles. The lowest BCUT2D eigenvalue weighted by Crippen LogP contribution is -2.32. The summed E-state index contributed by atoms with van der Waals surface area (Å²) in [4.78, 5) is 11.4. The van der Waals surface area contributed by atoms with E-state index in [1.807, 2.05) is 13.0 Å². The van der Waals surface area contributed by atoms with Crippen LogP contribution in [0.15, 0.2) is 0 Å². The molecule has 4 heteroatoms. The van der Waals surface area contributed by atoms with Crippen molar-refractivity contribution in [1.29, 1.82) is 5.26 Å². The van der Waals surface area contributed by atoms with Gasteiger partial charge in [0.15, 0.2) is 0 Å². The molecule has 1 amide bonds. The molecule has 2 N–H and O–H groups in total. The lowest BCUT2D eigenvalue weighted by molar-refractivity contribution is -0.121. The van der Waals surface area contributed by atoms with E-state index in [0.717, 1.165) is 19.5 Å². The molecule has 1 saturated heterocycles. The highest BCUT2D eigenvalue weighted by atomic mass is 16.1. The lowest BCUT2D eigenvalue weighted by Gasteiger charge is -2.11. The molecule has 1 fully saturated rings. The summed E-state index contributed by atoms with van der Waals surface area (Å²) >= 11 is 0. The highest BCUT2D eigenvalue weighted by Crippen LogP contribution is 2.13. The SMILES string of the molecule is CC(CC#N)NC(=O)CCC1CCNC1. The lowest BCUT2D eigenvalue weighted by atomic mass is 10.0. The summed E-state index contributed by atoms with van der Waals surface area (Å²) in [7, 11) is 0. The number of carbonyl (C=O) groups excluding carboxylic acids is 1. The van der Waals surface area contributed by atoms with Crippen LogP contribution in [0.25, 0.3) is 0 Å². The Morgan fingerprint density at radius 2 is 2.53 bits per heavy atom. The summed E-state index contributed by atoms with van der Waals surface area (Å²) < 4.78 is 0. The van der Waals surface area contributed by atoms with E-state index in [-0.39, 0.29) is 11.9 Å². The number of carbonyl (C=O) groups is 1. The van der Waals surface area contributed by atoms with E-state index < -0.39 is 0 Å². The standard InChI is InChI=1S/C11H19N3O/c1-9(4-6-12)14-11(15)3-2-10-5-7-13-8-10/h9-10,13H,2-5,7-8H2,1H3,(H,14,15). The summed E-state index contributed by atoms with van der Waals surface area (Å²) in [6.07, 6.45) is 3.11. The highest BCUT2D eigenvalue weighted by molar-refractivity contribution is 5.76. The van der Waals surface area contributed by atoms with Crippen LogP contribution in [-0.2, 0) is 4.79 Å². The van der Waals surface area contributed by atoms with Gasteiger partial charge in [0.2, 0.25) is 5.91 Å². The van der Waals surface area contributed by atoms with E-state index in [4.69, 9.17) is 5.26 Å². The molecular weight excluding hydrogens is 190 g/mol. The zero-order valence-corrected chi connectivity index (χ0v) is 9.25. The second kappa shape index (κ2) is 6.41. The van der Waals surface area contributed by atoms with Crippen molar-refractivity contribution in [1.82, 2.24) is 10.6 Å². The van der Waals surface area contributed by atoms with Crippen molar-refractivity contribution in [2.45, 2.75) is 38.6 Å². The van der Waals surface area contributed by atoms with E-state index in [1.54, 1.807) is 0 Å². The Hall–Kier alpha value is -1.08. The maximum absolute atomic E-state index is 11.4. The fourth-order valence-corrected chi connectivity index (χ4v) is 1.83. The first-order valence-corrected chi connectivity index (χ1v) is 5.59. The maximum Gasteiger partial charge on any atom is 0.220 e. The normalized spacial score (nSPS) is 22.0. The minimum atomic E-state index is -0.0239. The van der Waals surface area contributed by atoms with Crippen molar-refractivity contribution in [2.24, 2.45) is 5.92 Å². The molecule has 0 aliphatic carbocycles. The van der Waals surface area contributed by atoms with E-state index in [9.17, 15) is 4.79 Å². The van der Waals surface area contributed by atoms with Gasteiger partial charge in [-0.3, -0.25) is 4.79 Å². The Labute approximate surface area is 91.0 Å². The summed E-state index contributed by atoms with van der Waals surface area (Å²) in [5, 5.41) is 14.5. The first-order valence-electron chi connectivity index (χ1n) is 5.59. The highest BCUT2D eigenvalue weighted by Gasteiger charge is 2.16. The molecule has 1 aliphatic heterocycles. The van der Waals surface area contributed by atoms with Crippen LogP contribution in [0.3, 0.4) is 0 Å². The molecule has 0 bridgehead atoms. The van der Waals surface area contributed by atoms with Crippen LogP contribution in [-0.4, -0.2) is 25.0 Å². The van der Waals surface area contributed by atoms with Gasteiger partial charge in [-0.15, -0.1) is 0 Å². The van der Waals surface area contributed by atoms with Crippen LogP contribution in [0.2, 0.25) is 0 Å². The fourth-order valence-electron chi connectivity index (χ4n) is 1.83. The van der Waals surface area contributed by atoms with Crippen LogP contribution in [0, 0.1) is 17.2 Å². The molecule has 84 valence electrons. The summed E-state index contributed by atoms with van der Waals surface area (Å²) in [5.74, 6) is 0.728. The number of nitrogens with zero attached hydrogens (tertiary/aromatic N) is 1. The van der Waals surface area contributed by atoms with E-state index in [1.165, 1.54) is 6.42 Å². The zero-order chi connectivity index (χ0) is 11.1. The molecule has 0 spiro atoms. The second-order valence-corrected chi connectivity index (χ2v) is 4.23. The van der Waals surface area contributed by atoms with Gasteiger partial charge in [0.1, 0.15) is 0 Å². The van der Waals surface area contributed by atoms with Gasteiger partial charge < -0.3 is 10.6 Å². The van der Waals surface area contributed by atoms with Crippen molar-refractivity contribution in [2.75, 3.05) is 13.1 Å². The number of amides is 1. The first-order chi connectivity index (χ1) is 7.22. The molecule has 0 aromatic heterocycles. The van der Waals surface area contributed by atoms with Crippen molar-refractivity contribution >= 4 is 5.91 Å².